The monoisotopic (exact) mass is 460 g/mol. The molecule has 0 aliphatic heterocycles. The van der Waals surface area contributed by atoms with Crippen molar-refractivity contribution in [2.24, 2.45) is 5.92 Å². The van der Waals surface area contributed by atoms with E-state index >= 15 is 0 Å². The minimum Gasteiger partial charge on any atom is -0.457 e. The van der Waals surface area contributed by atoms with E-state index in [0.29, 0.717) is 5.75 Å². The van der Waals surface area contributed by atoms with Crippen LogP contribution in [0.25, 0.3) is 0 Å². The molecule has 5 nitrogen and oxygen atoms in total. The molecule has 0 saturated heterocycles. The molecule has 1 fully saturated rings. The van der Waals surface area contributed by atoms with Crippen molar-refractivity contribution in [3.05, 3.63) is 78.9 Å². The fraction of sp³-hybridized carbons (Fsp3) is 0.259. The average Bonchev–Trinajstić information content (AvgIpc) is 2.85. The number of hydrogen-bond donors (Lipinski definition) is 2. The van der Waals surface area contributed by atoms with Crippen LogP contribution < -0.4 is 15.4 Å². The van der Waals surface area contributed by atoms with E-state index in [9.17, 15) is 9.59 Å². The normalized spacial score (nSPS) is 13.8. The van der Waals surface area contributed by atoms with E-state index in [1.807, 2.05) is 78.9 Å². The predicted octanol–water partition coefficient (Wildman–Crippen LogP) is 6.73. The van der Waals surface area contributed by atoms with Crippen molar-refractivity contribution in [1.82, 2.24) is 0 Å². The largest absolute Gasteiger partial charge is 0.457 e. The highest BCUT2D eigenvalue weighted by molar-refractivity contribution is 8.00. The zero-order chi connectivity index (χ0) is 22.9. The molecule has 1 aliphatic rings. The van der Waals surface area contributed by atoms with Crippen LogP contribution in [0.1, 0.15) is 32.1 Å². The summed E-state index contributed by atoms with van der Waals surface area (Å²) in [6.07, 6.45) is 5.43. The molecule has 3 aromatic rings. The third-order valence-corrected chi connectivity index (χ3v) is 6.56. The van der Waals surface area contributed by atoms with Gasteiger partial charge in [-0.25, -0.2) is 0 Å². The zero-order valence-corrected chi connectivity index (χ0v) is 19.3. The Morgan fingerprint density at radius 2 is 1.52 bits per heavy atom. The molecule has 2 N–H and O–H groups in total. The SMILES string of the molecule is O=C(CSc1cccc(NC(=O)C2CCCCC2)c1)Nc1ccc(Oc2ccccc2)cc1. The van der Waals surface area contributed by atoms with Crippen LogP contribution in [0.5, 0.6) is 11.5 Å². The summed E-state index contributed by atoms with van der Waals surface area (Å²) >= 11 is 1.44. The summed E-state index contributed by atoms with van der Waals surface area (Å²) in [4.78, 5) is 25.8. The molecule has 3 aromatic carbocycles. The first-order valence-electron chi connectivity index (χ1n) is 11.3. The summed E-state index contributed by atoms with van der Waals surface area (Å²) in [6.45, 7) is 0. The first-order chi connectivity index (χ1) is 16.2. The first kappa shape index (κ1) is 22.9. The van der Waals surface area contributed by atoms with Gasteiger partial charge in [0, 0.05) is 22.2 Å². The van der Waals surface area contributed by atoms with Gasteiger partial charge >= 0.3 is 0 Å². The van der Waals surface area contributed by atoms with Gasteiger partial charge in [-0.1, -0.05) is 43.5 Å². The van der Waals surface area contributed by atoms with E-state index in [1.165, 1.54) is 18.2 Å². The lowest BCUT2D eigenvalue weighted by Crippen LogP contribution is -2.24. The van der Waals surface area contributed by atoms with Gasteiger partial charge in [0.1, 0.15) is 11.5 Å². The molecule has 33 heavy (non-hydrogen) atoms. The lowest BCUT2D eigenvalue weighted by atomic mass is 9.88. The average molecular weight is 461 g/mol. The fourth-order valence-corrected chi connectivity index (χ4v) is 4.60. The van der Waals surface area contributed by atoms with Gasteiger partial charge in [0.2, 0.25) is 11.8 Å². The van der Waals surface area contributed by atoms with Gasteiger partial charge in [-0.3, -0.25) is 9.59 Å². The van der Waals surface area contributed by atoms with Crippen molar-refractivity contribution in [3.63, 3.8) is 0 Å². The van der Waals surface area contributed by atoms with Crippen molar-refractivity contribution in [2.45, 2.75) is 37.0 Å². The fourth-order valence-electron chi connectivity index (χ4n) is 3.85. The number of thioether (sulfide) groups is 1. The van der Waals surface area contributed by atoms with Gasteiger partial charge < -0.3 is 15.4 Å². The summed E-state index contributed by atoms with van der Waals surface area (Å²) in [5.41, 5.74) is 1.50. The van der Waals surface area contributed by atoms with Crippen molar-refractivity contribution >= 4 is 35.0 Å². The van der Waals surface area contributed by atoms with Gasteiger partial charge in [-0.2, -0.15) is 0 Å². The number of amides is 2. The second-order valence-corrected chi connectivity index (χ2v) is 9.18. The smallest absolute Gasteiger partial charge is 0.234 e. The molecule has 4 rings (SSSR count). The Kier molecular flexibility index (Phi) is 8.04. The maximum atomic E-state index is 12.5. The maximum Gasteiger partial charge on any atom is 0.234 e. The molecule has 0 atom stereocenters. The molecule has 1 aliphatic carbocycles. The first-order valence-corrected chi connectivity index (χ1v) is 12.3. The van der Waals surface area contributed by atoms with Crippen molar-refractivity contribution in [3.8, 4) is 11.5 Å². The van der Waals surface area contributed by atoms with E-state index in [4.69, 9.17) is 4.74 Å². The highest BCUT2D eigenvalue weighted by Crippen LogP contribution is 2.27. The molecule has 0 radical (unpaired) electrons. The Labute approximate surface area is 198 Å². The Hall–Kier alpha value is -3.25. The molecule has 0 aromatic heterocycles. The minimum atomic E-state index is -0.0895. The van der Waals surface area contributed by atoms with E-state index in [0.717, 1.165) is 47.7 Å². The molecule has 6 heteroatoms. The number of anilines is 2. The number of carbonyl (C=O) groups excluding carboxylic acids is 2. The summed E-state index contributed by atoms with van der Waals surface area (Å²) in [7, 11) is 0. The van der Waals surface area contributed by atoms with Gasteiger partial charge in [-0.05, 0) is 67.4 Å². The standard InChI is InChI=1S/C27H28N2O3S/c30-26(28-21-14-16-24(17-15-21)32-23-11-5-2-6-12-23)19-33-25-13-7-10-22(18-25)29-27(31)20-8-3-1-4-9-20/h2,5-7,10-18,20H,1,3-4,8-9,19H2,(H,28,30)(H,29,31). The van der Waals surface area contributed by atoms with E-state index in [1.54, 1.807) is 0 Å². The van der Waals surface area contributed by atoms with Crippen molar-refractivity contribution in [1.29, 1.82) is 0 Å². The second-order valence-electron chi connectivity index (χ2n) is 8.13. The molecule has 0 spiro atoms. The van der Waals surface area contributed by atoms with E-state index in [2.05, 4.69) is 10.6 Å². The van der Waals surface area contributed by atoms with Crippen LogP contribution in [0.3, 0.4) is 0 Å². The van der Waals surface area contributed by atoms with Crippen LogP contribution in [0.4, 0.5) is 11.4 Å². The Balaban J connectivity index is 1.25. The molecule has 2 amide bonds. The number of carbonyl (C=O) groups is 2. The highest BCUT2D eigenvalue weighted by atomic mass is 32.2. The molecule has 170 valence electrons. The molecule has 0 unspecified atom stereocenters. The number of rotatable bonds is 8. The van der Waals surface area contributed by atoms with E-state index in [-0.39, 0.29) is 23.5 Å². The molecule has 0 bridgehead atoms. The Morgan fingerprint density at radius 3 is 2.27 bits per heavy atom. The van der Waals surface area contributed by atoms with Crippen molar-refractivity contribution < 1.29 is 14.3 Å². The molecule has 1 saturated carbocycles. The third-order valence-electron chi connectivity index (χ3n) is 5.56. The molecule has 0 heterocycles. The Morgan fingerprint density at radius 1 is 0.788 bits per heavy atom. The molecular weight excluding hydrogens is 432 g/mol. The van der Waals surface area contributed by atoms with E-state index < -0.39 is 0 Å². The number of benzene rings is 3. The minimum absolute atomic E-state index is 0.0895. The summed E-state index contributed by atoms with van der Waals surface area (Å²) in [5, 5.41) is 5.95. The quantitative estimate of drug-likeness (QED) is 0.366. The van der Waals surface area contributed by atoms with Gasteiger partial charge in [0.25, 0.3) is 0 Å². The number of hydrogen-bond acceptors (Lipinski definition) is 4. The van der Waals surface area contributed by atoms with Gasteiger partial charge in [-0.15, -0.1) is 11.8 Å². The Bertz CT molecular complexity index is 1060. The number of ether oxygens (including phenoxy) is 1. The van der Waals surface area contributed by atoms with Crippen LogP contribution in [-0.2, 0) is 9.59 Å². The predicted molar refractivity (Wildman–Crippen MR) is 134 cm³/mol. The van der Waals surface area contributed by atoms with Crippen molar-refractivity contribution in [2.75, 3.05) is 16.4 Å². The van der Waals surface area contributed by atoms with Crippen LogP contribution >= 0.6 is 11.8 Å². The number of nitrogens with one attached hydrogen (secondary N) is 2. The summed E-state index contributed by atoms with van der Waals surface area (Å²) in [6, 6.07) is 24.5. The lowest BCUT2D eigenvalue weighted by molar-refractivity contribution is -0.120. The van der Waals surface area contributed by atoms with Crippen LogP contribution in [-0.4, -0.2) is 17.6 Å². The van der Waals surface area contributed by atoms with Gasteiger partial charge in [0.15, 0.2) is 0 Å². The summed E-state index contributed by atoms with van der Waals surface area (Å²) in [5.74, 6) is 1.89. The lowest BCUT2D eigenvalue weighted by Gasteiger charge is -2.20. The summed E-state index contributed by atoms with van der Waals surface area (Å²) < 4.78 is 5.77. The maximum absolute atomic E-state index is 12.5. The third kappa shape index (κ3) is 7.12. The van der Waals surface area contributed by atoms with Crippen LogP contribution in [0.2, 0.25) is 0 Å². The van der Waals surface area contributed by atoms with Crippen LogP contribution in [0.15, 0.2) is 83.8 Å². The van der Waals surface area contributed by atoms with Crippen LogP contribution in [0, 0.1) is 5.92 Å². The number of para-hydroxylation sites is 1. The zero-order valence-electron chi connectivity index (χ0n) is 18.5. The second kappa shape index (κ2) is 11.6. The molecular formula is C27H28N2O3S. The highest BCUT2D eigenvalue weighted by Gasteiger charge is 2.21. The van der Waals surface area contributed by atoms with Gasteiger partial charge in [0.05, 0.1) is 5.75 Å². The topological polar surface area (TPSA) is 67.4 Å².